The van der Waals surface area contributed by atoms with Gasteiger partial charge >= 0.3 is 0 Å². The summed E-state index contributed by atoms with van der Waals surface area (Å²) in [6.07, 6.45) is 16.9. The second kappa shape index (κ2) is 5.96. The molecule has 0 saturated carbocycles. The van der Waals surface area contributed by atoms with E-state index in [1.165, 1.54) is 29.7 Å². The zero-order valence-electron chi connectivity index (χ0n) is 12.0. The molecule has 0 heterocycles. The minimum absolute atomic E-state index is 0.448. The fraction of sp³-hybridized carbons (Fsp3) is 0.263. The molecular weight excluding hydrogens is 242 g/mol. The Morgan fingerprint density at radius 1 is 1.00 bits per heavy atom. The van der Waals surface area contributed by atoms with Crippen LogP contribution in [0.4, 0.5) is 5.69 Å². The molecule has 1 unspecified atom stereocenters. The van der Waals surface area contributed by atoms with E-state index in [4.69, 9.17) is 0 Å². The Bertz CT molecular complexity index is 575. The molecule has 2 aliphatic carbocycles. The second-order valence-electron chi connectivity index (χ2n) is 5.45. The first kappa shape index (κ1) is 13.0. The Labute approximate surface area is 121 Å². The van der Waals surface area contributed by atoms with Crippen LogP contribution >= 0.6 is 0 Å². The third kappa shape index (κ3) is 2.77. The normalized spacial score (nSPS) is 21.4. The topological polar surface area (TPSA) is 3.24 Å². The Balaban J connectivity index is 1.75. The Morgan fingerprint density at radius 3 is 2.55 bits per heavy atom. The maximum Gasteiger partial charge on any atom is 0.0513 e. The number of para-hydroxylation sites is 1. The molecule has 0 saturated heterocycles. The average Bonchev–Trinajstić information content (AvgIpc) is 2.56. The average molecular weight is 263 g/mol. The molecule has 0 fully saturated rings. The molecule has 1 atom stereocenters. The van der Waals surface area contributed by atoms with E-state index in [1.807, 2.05) is 0 Å². The molecule has 3 rings (SSSR count). The van der Waals surface area contributed by atoms with E-state index < -0.39 is 0 Å². The van der Waals surface area contributed by atoms with E-state index in [0.717, 1.165) is 6.42 Å². The van der Waals surface area contributed by atoms with Gasteiger partial charge in [-0.05, 0) is 42.5 Å². The van der Waals surface area contributed by atoms with Crippen LogP contribution in [-0.2, 0) is 0 Å². The predicted octanol–water partition coefficient (Wildman–Crippen LogP) is 4.65. The lowest BCUT2D eigenvalue weighted by molar-refractivity contribution is 0.726. The molecule has 0 aliphatic heterocycles. The fourth-order valence-electron chi connectivity index (χ4n) is 2.89. The molecule has 1 aromatic carbocycles. The van der Waals surface area contributed by atoms with Gasteiger partial charge in [-0.3, -0.25) is 0 Å². The number of likely N-dealkylation sites (N-methyl/N-ethyl adjacent to an activating group) is 1. The van der Waals surface area contributed by atoms with Crippen LogP contribution in [0.25, 0.3) is 0 Å². The maximum absolute atomic E-state index is 2.36. The largest absolute Gasteiger partial charge is 0.368 e. The maximum atomic E-state index is 2.36. The number of hydrogen-bond donors (Lipinski definition) is 0. The van der Waals surface area contributed by atoms with Gasteiger partial charge in [0.1, 0.15) is 0 Å². The summed E-state index contributed by atoms with van der Waals surface area (Å²) >= 11 is 0. The number of allylic oxidation sites excluding steroid dienone is 6. The van der Waals surface area contributed by atoms with Gasteiger partial charge in [0.2, 0.25) is 0 Å². The Hall–Kier alpha value is -2.02. The van der Waals surface area contributed by atoms with E-state index in [2.05, 4.69) is 78.7 Å². The lowest BCUT2D eigenvalue weighted by atomic mass is 9.89. The van der Waals surface area contributed by atoms with Gasteiger partial charge in [-0.2, -0.15) is 0 Å². The summed E-state index contributed by atoms with van der Waals surface area (Å²) in [7, 11) is 2.18. The van der Waals surface area contributed by atoms with E-state index in [9.17, 15) is 0 Å². The van der Waals surface area contributed by atoms with Crippen LogP contribution < -0.4 is 4.90 Å². The van der Waals surface area contributed by atoms with Gasteiger partial charge in [0, 0.05) is 12.7 Å². The van der Waals surface area contributed by atoms with Crippen molar-refractivity contribution < 1.29 is 0 Å². The number of benzene rings is 1. The summed E-state index contributed by atoms with van der Waals surface area (Å²) in [5, 5.41) is 0. The lowest BCUT2D eigenvalue weighted by Gasteiger charge is -2.31. The van der Waals surface area contributed by atoms with Gasteiger partial charge in [0.05, 0.1) is 6.04 Å². The quantitative estimate of drug-likeness (QED) is 0.767. The molecule has 20 heavy (non-hydrogen) atoms. The van der Waals surface area contributed by atoms with Crippen molar-refractivity contribution in [3.8, 4) is 0 Å². The third-order valence-electron chi connectivity index (χ3n) is 4.15. The van der Waals surface area contributed by atoms with Gasteiger partial charge in [-0.1, -0.05) is 54.7 Å². The molecular formula is C19H21N. The number of hydrogen-bond acceptors (Lipinski definition) is 1. The van der Waals surface area contributed by atoms with Crippen LogP contribution in [0.2, 0.25) is 0 Å². The van der Waals surface area contributed by atoms with Crippen LogP contribution in [0.15, 0.2) is 77.9 Å². The van der Waals surface area contributed by atoms with E-state index in [-0.39, 0.29) is 0 Å². The highest BCUT2D eigenvalue weighted by molar-refractivity contribution is 5.50. The van der Waals surface area contributed by atoms with E-state index in [0.29, 0.717) is 6.04 Å². The van der Waals surface area contributed by atoms with Crippen LogP contribution in [0, 0.1) is 0 Å². The summed E-state index contributed by atoms with van der Waals surface area (Å²) in [5.74, 6) is 0. The molecule has 102 valence electrons. The summed E-state index contributed by atoms with van der Waals surface area (Å²) in [6, 6.07) is 11.1. The number of nitrogens with zero attached hydrogens (tertiary/aromatic N) is 1. The summed E-state index contributed by atoms with van der Waals surface area (Å²) < 4.78 is 0. The van der Waals surface area contributed by atoms with E-state index in [1.54, 1.807) is 0 Å². The fourth-order valence-corrected chi connectivity index (χ4v) is 2.89. The lowest BCUT2D eigenvalue weighted by Crippen LogP contribution is -2.31. The van der Waals surface area contributed by atoms with Gasteiger partial charge in [-0.25, -0.2) is 0 Å². The summed E-state index contributed by atoms with van der Waals surface area (Å²) in [6.45, 7) is 0. The molecule has 0 spiro atoms. The predicted molar refractivity (Wildman–Crippen MR) is 86.9 cm³/mol. The van der Waals surface area contributed by atoms with Crippen LogP contribution in [0.1, 0.15) is 19.3 Å². The van der Waals surface area contributed by atoms with Crippen LogP contribution in [-0.4, -0.2) is 13.1 Å². The standard InChI is InChI=1S/C19H21N/c1-20(18-12-6-3-7-13-18)19-14-8-11-17(15-19)16-9-4-2-5-10-16/h2-4,6-9,11-14,19H,5,10,15H2,1H3. The van der Waals surface area contributed by atoms with Crippen molar-refractivity contribution in [1.82, 2.24) is 0 Å². The van der Waals surface area contributed by atoms with Crippen molar-refractivity contribution in [3.63, 3.8) is 0 Å². The molecule has 1 heteroatoms. The first-order chi connectivity index (χ1) is 9.84. The molecule has 0 N–H and O–H groups in total. The first-order valence-corrected chi connectivity index (χ1v) is 7.36. The Morgan fingerprint density at radius 2 is 1.80 bits per heavy atom. The molecule has 0 aromatic heterocycles. The molecule has 2 aliphatic rings. The smallest absolute Gasteiger partial charge is 0.0513 e. The number of anilines is 1. The zero-order chi connectivity index (χ0) is 13.8. The molecule has 1 nitrogen and oxygen atoms in total. The Kier molecular flexibility index (Phi) is 3.87. The minimum Gasteiger partial charge on any atom is -0.368 e. The van der Waals surface area contributed by atoms with Crippen molar-refractivity contribution in [2.24, 2.45) is 0 Å². The van der Waals surface area contributed by atoms with Crippen molar-refractivity contribution in [2.75, 3.05) is 11.9 Å². The molecule has 0 radical (unpaired) electrons. The zero-order valence-corrected chi connectivity index (χ0v) is 12.0. The SMILES string of the molecule is CN(c1ccccc1)C1C=CC=C(C2=CC=CCC2)C1. The summed E-state index contributed by atoms with van der Waals surface area (Å²) in [4.78, 5) is 2.36. The third-order valence-corrected chi connectivity index (χ3v) is 4.15. The van der Waals surface area contributed by atoms with Gasteiger partial charge in [0.15, 0.2) is 0 Å². The molecule has 0 bridgehead atoms. The summed E-state index contributed by atoms with van der Waals surface area (Å²) in [5.41, 5.74) is 4.27. The number of rotatable bonds is 3. The van der Waals surface area contributed by atoms with Gasteiger partial charge in [-0.15, -0.1) is 0 Å². The molecule has 1 aromatic rings. The second-order valence-corrected chi connectivity index (χ2v) is 5.45. The monoisotopic (exact) mass is 263 g/mol. The minimum atomic E-state index is 0.448. The van der Waals surface area contributed by atoms with Crippen molar-refractivity contribution in [2.45, 2.75) is 25.3 Å². The van der Waals surface area contributed by atoms with Crippen molar-refractivity contribution >= 4 is 5.69 Å². The first-order valence-electron chi connectivity index (χ1n) is 7.36. The highest BCUT2D eigenvalue weighted by Crippen LogP contribution is 2.29. The van der Waals surface area contributed by atoms with Crippen molar-refractivity contribution in [1.29, 1.82) is 0 Å². The van der Waals surface area contributed by atoms with E-state index >= 15 is 0 Å². The highest BCUT2D eigenvalue weighted by Gasteiger charge is 2.18. The van der Waals surface area contributed by atoms with Gasteiger partial charge in [0.25, 0.3) is 0 Å². The highest BCUT2D eigenvalue weighted by atomic mass is 15.1. The van der Waals surface area contributed by atoms with Crippen LogP contribution in [0.3, 0.4) is 0 Å². The van der Waals surface area contributed by atoms with Gasteiger partial charge < -0.3 is 4.90 Å². The van der Waals surface area contributed by atoms with Crippen LogP contribution in [0.5, 0.6) is 0 Å². The van der Waals surface area contributed by atoms with Crippen molar-refractivity contribution in [3.05, 3.63) is 77.9 Å². The molecule has 0 amide bonds.